The van der Waals surface area contributed by atoms with Crippen LogP contribution in [0.15, 0.2) is 78.9 Å². The molecule has 0 saturated heterocycles. The lowest BCUT2D eigenvalue weighted by atomic mass is 10.1. The number of carbonyl (C=O) groups excluding carboxylic acids is 1. The van der Waals surface area contributed by atoms with Gasteiger partial charge in [-0.05, 0) is 18.2 Å². The van der Waals surface area contributed by atoms with Gasteiger partial charge in [-0.25, -0.2) is 4.79 Å². The van der Waals surface area contributed by atoms with Crippen molar-refractivity contribution in [2.24, 2.45) is 0 Å². The van der Waals surface area contributed by atoms with Crippen molar-refractivity contribution in [2.45, 2.75) is 0 Å². The molecule has 1 heterocycles. The minimum atomic E-state index is -1.15. The number of carboxylic acids is 1. The first-order valence-electron chi connectivity index (χ1n) is 9.64. The third-order valence-electron chi connectivity index (χ3n) is 5.08. The fraction of sp³-hybridized carbons (Fsp3) is 0. The molecule has 9 heteroatoms. The summed E-state index contributed by atoms with van der Waals surface area (Å²) in [7, 11) is 0. The molecular weight excluding hydrogens is 428 g/mol. The Kier molecular flexibility index (Phi) is 5.37. The minimum Gasteiger partial charge on any atom is -0.503 e. The standard InChI is InChI=1S/C24H16N2O7/c27-21(15-5-2-1-3-6-15)20-23(29)22(28)19(14-9-11-16(12-10-14)24(30)31)25(20)17-7-4-8-18(13-17)26(32)33/h1-13,28-29H,(H,30,31). The smallest absolute Gasteiger partial charge is 0.335 e. The predicted octanol–water partition coefficient (Wildman–Crippen LogP) is 4.39. The highest BCUT2D eigenvalue weighted by molar-refractivity contribution is 6.11. The number of hydrogen-bond acceptors (Lipinski definition) is 6. The zero-order chi connectivity index (χ0) is 23.7. The van der Waals surface area contributed by atoms with E-state index in [0.717, 1.165) is 0 Å². The lowest BCUT2D eigenvalue weighted by molar-refractivity contribution is -0.384. The number of carboxylic acid groups (broad SMARTS) is 1. The van der Waals surface area contributed by atoms with E-state index >= 15 is 0 Å². The van der Waals surface area contributed by atoms with Crippen LogP contribution in [-0.4, -0.2) is 36.6 Å². The predicted molar refractivity (Wildman–Crippen MR) is 118 cm³/mol. The lowest BCUT2D eigenvalue weighted by Crippen LogP contribution is -2.10. The number of non-ortho nitro benzene ring substituents is 1. The van der Waals surface area contributed by atoms with E-state index in [1.165, 1.54) is 65.2 Å². The highest BCUT2D eigenvalue weighted by Gasteiger charge is 2.30. The molecule has 4 aromatic rings. The second kappa shape index (κ2) is 8.31. The Labute approximate surface area is 186 Å². The first-order valence-corrected chi connectivity index (χ1v) is 9.64. The Bertz CT molecular complexity index is 1390. The second-order valence-electron chi connectivity index (χ2n) is 7.08. The van der Waals surface area contributed by atoms with E-state index in [4.69, 9.17) is 5.11 Å². The molecule has 0 bridgehead atoms. The number of ketones is 1. The summed E-state index contributed by atoms with van der Waals surface area (Å²) in [6.07, 6.45) is 0. The van der Waals surface area contributed by atoms with Gasteiger partial charge in [0.05, 0.1) is 21.9 Å². The molecule has 3 N–H and O–H groups in total. The van der Waals surface area contributed by atoms with Crippen LogP contribution in [0.2, 0.25) is 0 Å². The molecule has 0 unspecified atom stereocenters. The fourth-order valence-electron chi connectivity index (χ4n) is 3.52. The molecule has 0 aliphatic heterocycles. The summed E-state index contributed by atoms with van der Waals surface area (Å²) < 4.78 is 1.22. The zero-order valence-corrected chi connectivity index (χ0v) is 16.9. The number of carbonyl (C=O) groups is 2. The molecular formula is C24H16N2O7. The van der Waals surface area contributed by atoms with Gasteiger partial charge in [0.15, 0.2) is 11.5 Å². The van der Waals surface area contributed by atoms with Gasteiger partial charge in [-0.15, -0.1) is 0 Å². The Morgan fingerprint density at radius 3 is 2.09 bits per heavy atom. The number of nitro benzene ring substituents is 1. The molecule has 33 heavy (non-hydrogen) atoms. The molecule has 0 aliphatic rings. The summed E-state index contributed by atoms with van der Waals surface area (Å²) in [6, 6.07) is 18.8. The van der Waals surface area contributed by atoms with Crippen molar-refractivity contribution in [1.29, 1.82) is 0 Å². The van der Waals surface area contributed by atoms with Gasteiger partial charge in [-0.3, -0.25) is 19.5 Å². The van der Waals surface area contributed by atoms with Crippen molar-refractivity contribution in [3.05, 3.63) is 106 Å². The van der Waals surface area contributed by atoms with Gasteiger partial charge >= 0.3 is 5.97 Å². The molecule has 0 spiro atoms. The minimum absolute atomic E-state index is 0.00324. The van der Waals surface area contributed by atoms with Crippen LogP contribution in [0, 0.1) is 10.1 Å². The van der Waals surface area contributed by atoms with Crippen molar-refractivity contribution in [3.63, 3.8) is 0 Å². The highest BCUT2D eigenvalue weighted by Crippen LogP contribution is 2.45. The van der Waals surface area contributed by atoms with E-state index in [1.54, 1.807) is 18.2 Å². The second-order valence-corrected chi connectivity index (χ2v) is 7.08. The van der Waals surface area contributed by atoms with Crippen LogP contribution in [-0.2, 0) is 0 Å². The monoisotopic (exact) mass is 444 g/mol. The number of aromatic carboxylic acids is 1. The van der Waals surface area contributed by atoms with Crippen LogP contribution in [0.25, 0.3) is 16.9 Å². The number of nitrogens with zero attached hydrogens (tertiary/aromatic N) is 2. The van der Waals surface area contributed by atoms with Crippen molar-refractivity contribution in [3.8, 4) is 28.4 Å². The molecule has 0 fully saturated rings. The number of aromatic hydroxyl groups is 2. The number of aromatic nitrogens is 1. The average Bonchev–Trinajstić information content (AvgIpc) is 3.09. The van der Waals surface area contributed by atoms with Crippen LogP contribution in [0.4, 0.5) is 5.69 Å². The molecule has 4 rings (SSSR count). The molecule has 9 nitrogen and oxygen atoms in total. The largest absolute Gasteiger partial charge is 0.503 e. The Morgan fingerprint density at radius 1 is 0.818 bits per heavy atom. The van der Waals surface area contributed by atoms with Crippen LogP contribution >= 0.6 is 0 Å². The fourth-order valence-corrected chi connectivity index (χ4v) is 3.52. The van der Waals surface area contributed by atoms with Gasteiger partial charge in [0.25, 0.3) is 5.69 Å². The summed E-state index contributed by atoms with van der Waals surface area (Å²) in [5.41, 5.74) is 0.0789. The van der Waals surface area contributed by atoms with Crippen molar-refractivity contribution >= 4 is 17.4 Å². The normalized spacial score (nSPS) is 10.7. The molecule has 0 atom stereocenters. The third kappa shape index (κ3) is 3.79. The first-order chi connectivity index (χ1) is 15.8. The molecule has 0 radical (unpaired) electrons. The van der Waals surface area contributed by atoms with Gasteiger partial charge < -0.3 is 15.3 Å². The maximum absolute atomic E-state index is 13.3. The van der Waals surface area contributed by atoms with E-state index < -0.39 is 28.2 Å². The summed E-state index contributed by atoms with van der Waals surface area (Å²) in [5, 5.41) is 42.0. The SMILES string of the molecule is O=C(O)c1ccc(-c2c(O)c(O)c(C(=O)c3ccccc3)n2-c2cccc([N+](=O)[O-])c2)cc1. The molecule has 164 valence electrons. The van der Waals surface area contributed by atoms with E-state index in [9.17, 15) is 29.9 Å². The number of hydrogen-bond donors (Lipinski definition) is 3. The van der Waals surface area contributed by atoms with Crippen LogP contribution < -0.4 is 0 Å². The average molecular weight is 444 g/mol. The topological polar surface area (TPSA) is 143 Å². The summed E-state index contributed by atoms with van der Waals surface area (Å²) >= 11 is 0. The van der Waals surface area contributed by atoms with Gasteiger partial charge in [0.1, 0.15) is 5.69 Å². The van der Waals surface area contributed by atoms with Crippen molar-refractivity contribution in [1.82, 2.24) is 4.57 Å². The summed E-state index contributed by atoms with van der Waals surface area (Å²) in [4.78, 5) is 35.2. The molecule has 0 amide bonds. The van der Waals surface area contributed by atoms with Gasteiger partial charge in [-0.2, -0.15) is 0 Å². The Hall–Kier alpha value is -4.92. The first kappa shape index (κ1) is 21.3. The Morgan fingerprint density at radius 2 is 1.48 bits per heavy atom. The number of nitro groups is 1. The van der Waals surface area contributed by atoms with E-state index in [0.29, 0.717) is 0 Å². The maximum Gasteiger partial charge on any atom is 0.335 e. The molecule has 0 aliphatic carbocycles. The van der Waals surface area contributed by atoms with Gasteiger partial charge in [0.2, 0.25) is 5.78 Å². The van der Waals surface area contributed by atoms with E-state index in [1.807, 2.05) is 0 Å². The van der Waals surface area contributed by atoms with Crippen LogP contribution in [0.1, 0.15) is 26.4 Å². The molecule has 0 saturated carbocycles. The number of rotatable bonds is 6. The van der Waals surface area contributed by atoms with Crippen molar-refractivity contribution < 1.29 is 29.8 Å². The van der Waals surface area contributed by atoms with Gasteiger partial charge in [0, 0.05) is 23.3 Å². The van der Waals surface area contributed by atoms with E-state index in [2.05, 4.69) is 0 Å². The van der Waals surface area contributed by atoms with Crippen LogP contribution in [0.5, 0.6) is 11.5 Å². The van der Waals surface area contributed by atoms with E-state index in [-0.39, 0.29) is 39.5 Å². The van der Waals surface area contributed by atoms with Gasteiger partial charge in [-0.1, -0.05) is 48.5 Å². The summed E-state index contributed by atoms with van der Waals surface area (Å²) in [6.45, 7) is 0. The molecule has 1 aromatic heterocycles. The maximum atomic E-state index is 13.3. The lowest BCUT2D eigenvalue weighted by Gasteiger charge is -2.13. The highest BCUT2D eigenvalue weighted by atomic mass is 16.6. The van der Waals surface area contributed by atoms with Crippen LogP contribution in [0.3, 0.4) is 0 Å². The molecule has 3 aromatic carbocycles. The number of benzene rings is 3. The zero-order valence-electron chi connectivity index (χ0n) is 16.9. The van der Waals surface area contributed by atoms with Crippen molar-refractivity contribution in [2.75, 3.05) is 0 Å². The quantitative estimate of drug-likeness (QED) is 0.227. The summed E-state index contributed by atoms with van der Waals surface area (Å²) in [5.74, 6) is -3.09. The Balaban J connectivity index is 2.03. The third-order valence-corrected chi connectivity index (χ3v) is 5.08.